The summed E-state index contributed by atoms with van der Waals surface area (Å²) in [7, 11) is 1.45. The minimum absolute atomic E-state index is 0.0134. The summed E-state index contributed by atoms with van der Waals surface area (Å²) >= 11 is 0. The van der Waals surface area contributed by atoms with Crippen LogP contribution in [0.3, 0.4) is 0 Å². The molecule has 0 fully saturated rings. The van der Waals surface area contributed by atoms with E-state index in [1.165, 1.54) is 43.5 Å². The van der Waals surface area contributed by atoms with E-state index in [2.05, 4.69) is 0 Å². The Labute approximate surface area is 103 Å². The molecule has 0 saturated heterocycles. The number of aromatic hydroxyl groups is 1. The lowest BCUT2D eigenvalue weighted by molar-refractivity contribution is 0.103. The zero-order valence-electron chi connectivity index (χ0n) is 9.68. The quantitative estimate of drug-likeness (QED) is 0.847. The van der Waals surface area contributed by atoms with Gasteiger partial charge in [-0.2, -0.15) is 0 Å². The summed E-state index contributed by atoms with van der Waals surface area (Å²) in [5.41, 5.74) is -0.0690. The van der Waals surface area contributed by atoms with Crippen molar-refractivity contribution in [3.63, 3.8) is 0 Å². The van der Waals surface area contributed by atoms with Crippen LogP contribution in [0, 0.1) is 5.82 Å². The standard InChI is InChI=1S/C14H11FO3/c1-18-9-6-7-13(16)11(8-9)14(17)10-4-2-3-5-12(10)15/h2-8,16H,1H3. The Morgan fingerprint density at radius 2 is 1.89 bits per heavy atom. The topological polar surface area (TPSA) is 46.5 Å². The van der Waals surface area contributed by atoms with Gasteiger partial charge in [0.2, 0.25) is 0 Å². The molecule has 4 heteroatoms. The Kier molecular flexibility index (Phi) is 3.28. The van der Waals surface area contributed by atoms with Crippen LogP contribution in [0.4, 0.5) is 4.39 Å². The number of rotatable bonds is 3. The molecule has 92 valence electrons. The molecule has 0 atom stereocenters. The van der Waals surface area contributed by atoms with Crippen LogP contribution in [0.5, 0.6) is 11.5 Å². The highest BCUT2D eigenvalue weighted by Crippen LogP contribution is 2.26. The molecule has 0 spiro atoms. The molecule has 0 heterocycles. The molecular weight excluding hydrogens is 235 g/mol. The fraction of sp³-hybridized carbons (Fsp3) is 0.0714. The number of halogens is 1. The normalized spacial score (nSPS) is 10.1. The van der Waals surface area contributed by atoms with Crippen LogP contribution in [0.15, 0.2) is 42.5 Å². The summed E-state index contributed by atoms with van der Waals surface area (Å²) in [5, 5.41) is 9.65. The molecule has 0 unspecified atom stereocenters. The Morgan fingerprint density at radius 1 is 1.17 bits per heavy atom. The zero-order valence-corrected chi connectivity index (χ0v) is 9.68. The van der Waals surface area contributed by atoms with Crippen LogP contribution in [-0.4, -0.2) is 18.0 Å². The molecule has 0 bridgehead atoms. The average molecular weight is 246 g/mol. The van der Waals surface area contributed by atoms with Gasteiger partial charge in [-0.25, -0.2) is 4.39 Å². The van der Waals surface area contributed by atoms with E-state index in [1.54, 1.807) is 6.07 Å². The minimum Gasteiger partial charge on any atom is -0.507 e. The van der Waals surface area contributed by atoms with Crippen LogP contribution in [0.2, 0.25) is 0 Å². The third-order valence-corrected chi connectivity index (χ3v) is 2.57. The summed E-state index contributed by atoms with van der Waals surface area (Å²) in [6, 6.07) is 9.87. The molecule has 0 aromatic heterocycles. The third kappa shape index (κ3) is 2.18. The maximum atomic E-state index is 13.5. The maximum Gasteiger partial charge on any atom is 0.199 e. The number of hydrogen-bond acceptors (Lipinski definition) is 3. The van der Waals surface area contributed by atoms with E-state index in [1.807, 2.05) is 0 Å². The van der Waals surface area contributed by atoms with E-state index in [9.17, 15) is 14.3 Å². The second kappa shape index (κ2) is 4.87. The van der Waals surface area contributed by atoms with Crippen molar-refractivity contribution in [3.8, 4) is 11.5 Å². The molecule has 0 aliphatic heterocycles. The fourth-order valence-electron chi connectivity index (χ4n) is 1.61. The highest BCUT2D eigenvalue weighted by Gasteiger charge is 2.17. The van der Waals surface area contributed by atoms with Gasteiger partial charge in [0, 0.05) is 0 Å². The smallest absolute Gasteiger partial charge is 0.199 e. The van der Waals surface area contributed by atoms with Gasteiger partial charge in [0.1, 0.15) is 17.3 Å². The van der Waals surface area contributed by atoms with Crippen LogP contribution >= 0.6 is 0 Å². The lowest BCUT2D eigenvalue weighted by Gasteiger charge is -2.07. The van der Waals surface area contributed by atoms with Crippen LogP contribution in [0.25, 0.3) is 0 Å². The van der Waals surface area contributed by atoms with E-state index < -0.39 is 11.6 Å². The van der Waals surface area contributed by atoms with Gasteiger partial charge in [-0.3, -0.25) is 4.79 Å². The first-order valence-electron chi connectivity index (χ1n) is 5.29. The van der Waals surface area contributed by atoms with Gasteiger partial charge in [-0.05, 0) is 30.3 Å². The lowest BCUT2D eigenvalue weighted by Crippen LogP contribution is -2.04. The third-order valence-electron chi connectivity index (χ3n) is 2.57. The van der Waals surface area contributed by atoms with E-state index in [-0.39, 0.29) is 16.9 Å². The number of methoxy groups -OCH3 is 1. The number of carbonyl (C=O) groups is 1. The average Bonchev–Trinajstić information content (AvgIpc) is 2.39. The SMILES string of the molecule is COc1ccc(O)c(C(=O)c2ccccc2F)c1. The number of carbonyl (C=O) groups excluding carboxylic acids is 1. The number of ether oxygens (including phenoxy) is 1. The van der Waals surface area contributed by atoms with Gasteiger partial charge in [-0.1, -0.05) is 12.1 Å². The Hall–Kier alpha value is -2.36. The zero-order chi connectivity index (χ0) is 13.1. The summed E-state index contributed by atoms with van der Waals surface area (Å²) in [4.78, 5) is 12.1. The highest BCUT2D eigenvalue weighted by atomic mass is 19.1. The van der Waals surface area contributed by atoms with Crippen LogP contribution < -0.4 is 4.74 Å². The van der Waals surface area contributed by atoms with Gasteiger partial charge in [-0.15, -0.1) is 0 Å². The van der Waals surface area contributed by atoms with Crippen molar-refractivity contribution < 1.29 is 19.0 Å². The Morgan fingerprint density at radius 3 is 2.56 bits per heavy atom. The molecule has 2 aromatic carbocycles. The Bertz CT molecular complexity index is 593. The van der Waals surface area contributed by atoms with Crippen molar-refractivity contribution >= 4 is 5.78 Å². The molecule has 0 aliphatic carbocycles. The van der Waals surface area contributed by atoms with Gasteiger partial charge in [0.25, 0.3) is 0 Å². The van der Waals surface area contributed by atoms with Gasteiger partial charge >= 0.3 is 0 Å². The molecule has 0 aliphatic rings. The van der Waals surface area contributed by atoms with Crippen molar-refractivity contribution in [2.45, 2.75) is 0 Å². The lowest BCUT2D eigenvalue weighted by atomic mass is 10.0. The number of phenolic OH excluding ortho intramolecular Hbond substituents is 1. The minimum atomic E-state index is -0.621. The molecule has 3 nitrogen and oxygen atoms in total. The summed E-state index contributed by atoms with van der Waals surface area (Å²) in [6.07, 6.45) is 0. The highest BCUT2D eigenvalue weighted by molar-refractivity contribution is 6.11. The van der Waals surface area contributed by atoms with Crippen molar-refractivity contribution in [1.29, 1.82) is 0 Å². The summed E-state index contributed by atoms with van der Waals surface area (Å²) in [5.74, 6) is -0.981. The number of hydrogen-bond donors (Lipinski definition) is 1. The Balaban J connectivity index is 2.49. The van der Waals surface area contributed by atoms with Crippen molar-refractivity contribution in [2.75, 3.05) is 7.11 Å². The second-order valence-corrected chi connectivity index (χ2v) is 3.69. The van der Waals surface area contributed by atoms with E-state index in [0.717, 1.165) is 0 Å². The van der Waals surface area contributed by atoms with Crippen molar-refractivity contribution in [3.05, 3.63) is 59.4 Å². The van der Waals surface area contributed by atoms with E-state index >= 15 is 0 Å². The maximum absolute atomic E-state index is 13.5. The van der Waals surface area contributed by atoms with Gasteiger partial charge < -0.3 is 9.84 Å². The summed E-state index contributed by atoms with van der Waals surface area (Å²) in [6.45, 7) is 0. The van der Waals surface area contributed by atoms with Gasteiger partial charge in [0.05, 0.1) is 18.2 Å². The first-order valence-corrected chi connectivity index (χ1v) is 5.29. The molecule has 18 heavy (non-hydrogen) atoms. The first kappa shape index (κ1) is 12.1. The molecule has 1 N–H and O–H groups in total. The number of phenols is 1. The predicted molar refractivity (Wildman–Crippen MR) is 64.5 cm³/mol. The molecule has 0 amide bonds. The molecular formula is C14H11FO3. The number of ketones is 1. The monoisotopic (exact) mass is 246 g/mol. The van der Waals surface area contributed by atoms with E-state index in [0.29, 0.717) is 5.75 Å². The van der Waals surface area contributed by atoms with Gasteiger partial charge in [0.15, 0.2) is 5.78 Å². The molecule has 2 aromatic rings. The summed E-state index contributed by atoms with van der Waals surface area (Å²) < 4.78 is 18.5. The van der Waals surface area contributed by atoms with E-state index in [4.69, 9.17) is 4.74 Å². The van der Waals surface area contributed by atoms with Crippen molar-refractivity contribution in [1.82, 2.24) is 0 Å². The van der Waals surface area contributed by atoms with Crippen LogP contribution in [-0.2, 0) is 0 Å². The second-order valence-electron chi connectivity index (χ2n) is 3.69. The largest absolute Gasteiger partial charge is 0.507 e. The first-order chi connectivity index (χ1) is 8.63. The van der Waals surface area contributed by atoms with Crippen LogP contribution in [0.1, 0.15) is 15.9 Å². The number of benzene rings is 2. The predicted octanol–water partition coefficient (Wildman–Crippen LogP) is 2.77. The molecule has 2 rings (SSSR count). The molecule has 0 radical (unpaired) electrons. The van der Waals surface area contributed by atoms with Crippen molar-refractivity contribution in [2.24, 2.45) is 0 Å². The molecule has 0 saturated carbocycles. The fourth-order valence-corrected chi connectivity index (χ4v) is 1.61.